The average molecular weight is 377 g/mol. The molecule has 0 saturated heterocycles. The number of aromatic nitrogens is 2. The van der Waals surface area contributed by atoms with E-state index >= 15 is 0 Å². The maximum Gasteiger partial charge on any atom is 0.341 e. The zero-order valence-electron chi connectivity index (χ0n) is 13.9. The van der Waals surface area contributed by atoms with Crippen molar-refractivity contribution in [3.63, 3.8) is 0 Å². The van der Waals surface area contributed by atoms with E-state index in [4.69, 9.17) is 0 Å². The highest BCUT2D eigenvalue weighted by atomic mass is 32.2. The van der Waals surface area contributed by atoms with E-state index in [-0.39, 0.29) is 6.04 Å². The van der Waals surface area contributed by atoms with E-state index in [2.05, 4.69) is 10.3 Å². The molecule has 3 aromatic rings. The van der Waals surface area contributed by atoms with Crippen LogP contribution in [-0.2, 0) is 16.9 Å². The summed E-state index contributed by atoms with van der Waals surface area (Å²) in [5.41, 5.74) is 1.56. The Hall–Kier alpha value is -2.74. The minimum absolute atomic E-state index is 0.284. The van der Waals surface area contributed by atoms with Gasteiger partial charge in [-0.15, -0.1) is 0 Å². The molecule has 0 aliphatic heterocycles. The highest BCUT2D eigenvalue weighted by molar-refractivity contribution is 7.91. The molecule has 136 valence electrons. The van der Waals surface area contributed by atoms with Crippen LogP contribution in [0.5, 0.6) is 0 Å². The highest BCUT2D eigenvalue weighted by Crippen LogP contribution is 2.27. The number of imidazole rings is 1. The normalized spacial score (nSPS) is 12.9. The summed E-state index contributed by atoms with van der Waals surface area (Å²) in [7, 11) is -2.73. The van der Waals surface area contributed by atoms with Crippen molar-refractivity contribution < 1.29 is 17.2 Å². The van der Waals surface area contributed by atoms with Gasteiger partial charge in [0.1, 0.15) is 11.9 Å². The van der Waals surface area contributed by atoms with Crippen LogP contribution in [0, 0.1) is 0 Å². The Balaban J connectivity index is 1.92. The fraction of sp³-hybridized carbons (Fsp3) is 0.167. The minimum Gasteiger partial charge on any atom is -0.372 e. The van der Waals surface area contributed by atoms with Crippen LogP contribution < -0.4 is 5.32 Å². The first-order valence-corrected chi connectivity index (χ1v) is 9.35. The Bertz CT molecular complexity index is 971. The number of sulfone groups is 1. The minimum atomic E-state index is -4.60. The fourth-order valence-corrected chi connectivity index (χ4v) is 3.33. The van der Waals surface area contributed by atoms with Crippen LogP contribution in [-0.4, -0.2) is 23.7 Å². The summed E-state index contributed by atoms with van der Waals surface area (Å²) in [6.45, 7) is 0. The Morgan fingerprint density at radius 2 is 1.69 bits per heavy atom. The molecule has 0 aliphatic rings. The van der Waals surface area contributed by atoms with Crippen LogP contribution in [0.1, 0.15) is 17.4 Å². The molecule has 26 heavy (non-hydrogen) atoms. The van der Waals surface area contributed by atoms with Gasteiger partial charge in [0.05, 0.1) is 4.90 Å². The topological polar surface area (TPSA) is 64.0 Å². The van der Waals surface area contributed by atoms with E-state index in [1.54, 1.807) is 6.20 Å². The summed E-state index contributed by atoms with van der Waals surface area (Å²) in [6, 6.07) is 14.6. The number of alkyl halides is 2. The number of nitrogens with zero attached hydrogens (tertiary/aromatic N) is 2. The molecule has 1 N–H and O–H groups in total. The van der Waals surface area contributed by atoms with Crippen LogP contribution in [0.25, 0.3) is 0 Å². The first kappa shape index (κ1) is 18.1. The van der Waals surface area contributed by atoms with Gasteiger partial charge in [0.2, 0.25) is 9.84 Å². The van der Waals surface area contributed by atoms with Crippen molar-refractivity contribution in [2.24, 2.45) is 7.05 Å². The molecule has 1 heterocycles. The molecule has 0 bridgehead atoms. The van der Waals surface area contributed by atoms with Gasteiger partial charge in [0, 0.05) is 25.1 Å². The fourth-order valence-electron chi connectivity index (χ4n) is 2.61. The number of hydrogen-bond donors (Lipinski definition) is 1. The Morgan fingerprint density at radius 3 is 2.23 bits per heavy atom. The lowest BCUT2D eigenvalue weighted by atomic mass is 10.1. The van der Waals surface area contributed by atoms with Crippen molar-refractivity contribution in [1.82, 2.24) is 9.55 Å². The van der Waals surface area contributed by atoms with Gasteiger partial charge in [0.25, 0.3) is 0 Å². The quantitative estimate of drug-likeness (QED) is 0.713. The zero-order valence-corrected chi connectivity index (χ0v) is 14.7. The lowest BCUT2D eigenvalue weighted by molar-refractivity contribution is 0.234. The maximum absolute atomic E-state index is 12.6. The predicted molar refractivity (Wildman–Crippen MR) is 94.7 cm³/mol. The van der Waals surface area contributed by atoms with Gasteiger partial charge in [-0.05, 0) is 29.8 Å². The Morgan fingerprint density at radius 1 is 1.04 bits per heavy atom. The first-order chi connectivity index (χ1) is 12.4. The third kappa shape index (κ3) is 3.60. The molecule has 5 nitrogen and oxygen atoms in total. The molecule has 0 amide bonds. The molecule has 8 heteroatoms. The molecular weight excluding hydrogens is 360 g/mol. The number of aryl methyl sites for hydroxylation is 1. The highest BCUT2D eigenvalue weighted by Gasteiger charge is 2.26. The maximum atomic E-state index is 12.6. The van der Waals surface area contributed by atoms with Gasteiger partial charge in [-0.25, -0.2) is 13.4 Å². The summed E-state index contributed by atoms with van der Waals surface area (Å²) < 4.78 is 50.2. The van der Waals surface area contributed by atoms with Crippen LogP contribution in [0.4, 0.5) is 14.5 Å². The second-order valence-electron chi connectivity index (χ2n) is 5.71. The van der Waals surface area contributed by atoms with Crippen molar-refractivity contribution in [3.8, 4) is 0 Å². The first-order valence-electron chi connectivity index (χ1n) is 7.80. The number of anilines is 1. The number of hydrogen-bond acceptors (Lipinski definition) is 4. The molecule has 0 fully saturated rings. The third-order valence-corrected chi connectivity index (χ3v) is 5.38. The van der Waals surface area contributed by atoms with Crippen molar-refractivity contribution in [1.29, 1.82) is 0 Å². The van der Waals surface area contributed by atoms with Gasteiger partial charge in [0.15, 0.2) is 0 Å². The van der Waals surface area contributed by atoms with Gasteiger partial charge in [-0.3, -0.25) is 0 Å². The summed E-state index contributed by atoms with van der Waals surface area (Å²) in [5.74, 6) is -2.67. The lowest BCUT2D eigenvalue weighted by Gasteiger charge is -2.20. The molecule has 1 unspecified atom stereocenters. The molecular formula is C18H17F2N3O2S. The third-order valence-electron chi connectivity index (χ3n) is 3.98. The molecule has 3 rings (SSSR count). The van der Waals surface area contributed by atoms with Crippen LogP contribution >= 0.6 is 0 Å². The number of halogens is 2. The second kappa shape index (κ2) is 7.25. The van der Waals surface area contributed by atoms with E-state index in [1.807, 2.05) is 48.1 Å². The van der Waals surface area contributed by atoms with Crippen LogP contribution in [0.2, 0.25) is 0 Å². The van der Waals surface area contributed by atoms with Gasteiger partial charge in [-0.2, -0.15) is 8.78 Å². The standard InChI is InChI=1S/C18H17F2N3O2S/c1-23-12-11-21-17(23)16(13-5-3-2-4-6-13)22-14-7-9-15(10-8-14)26(24,25)18(19)20/h2-12,16,18,22H,1H3. The Labute approximate surface area is 150 Å². The van der Waals surface area contributed by atoms with Crippen molar-refractivity contribution in [3.05, 3.63) is 78.4 Å². The molecule has 1 atom stereocenters. The van der Waals surface area contributed by atoms with E-state index in [9.17, 15) is 17.2 Å². The van der Waals surface area contributed by atoms with Gasteiger partial charge < -0.3 is 9.88 Å². The molecule has 0 radical (unpaired) electrons. The molecule has 0 spiro atoms. The largest absolute Gasteiger partial charge is 0.372 e. The Kier molecular flexibility index (Phi) is 5.03. The monoisotopic (exact) mass is 377 g/mol. The molecule has 0 saturated carbocycles. The summed E-state index contributed by atoms with van der Waals surface area (Å²) in [6.07, 6.45) is 3.51. The summed E-state index contributed by atoms with van der Waals surface area (Å²) in [4.78, 5) is 3.96. The van der Waals surface area contributed by atoms with E-state index in [0.717, 1.165) is 11.4 Å². The smallest absolute Gasteiger partial charge is 0.341 e. The van der Waals surface area contributed by atoms with Gasteiger partial charge in [-0.1, -0.05) is 30.3 Å². The van der Waals surface area contributed by atoms with E-state index in [0.29, 0.717) is 5.69 Å². The molecule has 2 aromatic carbocycles. The zero-order chi connectivity index (χ0) is 18.7. The van der Waals surface area contributed by atoms with Crippen molar-refractivity contribution >= 4 is 15.5 Å². The van der Waals surface area contributed by atoms with Crippen LogP contribution in [0.3, 0.4) is 0 Å². The van der Waals surface area contributed by atoms with E-state index in [1.165, 1.54) is 24.3 Å². The van der Waals surface area contributed by atoms with Crippen molar-refractivity contribution in [2.75, 3.05) is 5.32 Å². The van der Waals surface area contributed by atoms with Crippen molar-refractivity contribution in [2.45, 2.75) is 16.7 Å². The SMILES string of the molecule is Cn1ccnc1C(Nc1ccc(S(=O)(=O)C(F)F)cc1)c1ccccc1. The molecule has 0 aliphatic carbocycles. The van der Waals surface area contributed by atoms with Gasteiger partial charge >= 0.3 is 5.76 Å². The van der Waals surface area contributed by atoms with Crippen LogP contribution in [0.15, 0.2) is 71.9 Å². The molecule has 1 aromatic heterocycles. The van der Waals surface area contributed by atoms with E-state index < -0.39 is 20.5 Å². The second-order valence-corrected chi connectivity index (χ2v) is 7.63. The number of rotatable bonds is 6. The number of benzene rings is 2. The summed E-state index contributed by atoms with van der Waals surface area (Å²) in [5, 5.41) is 3.28. The number of nitrogens with one attached hydrogen (secondary N) is 1. The lowest BCUT2D eigenvalue weighted by Crippen LogP contribution is -2.17. The predicted octanol–water partition coefficient (Wildman–Crippen LogP) is 3.62. The summed E-state index contributed by atoms with van der Waals surface area (Å²) >= 11 is 0. The average Bonchev–Trinajstić information content (AvgIpc) is 3.06.